The van der Waals surface area contributed by atoms with E-state index in [0.29, 0.717) is 5.95 Å². The molecule has 0 spiro atoms. The molecule has 3 heterocycles. The lowest BCUT2D eigenvalue weighted by Crippen LogP contribution is -2.24. The third kappa shape index (κ3) is 3.10. The van der Waals surface area contributed by atoms with Gasteiger partial charge in [-0.2, -0.15) is 4.98 Å². The second kappa shape index (κ2) is 7.41. The summed E-state index contributed by atoms with van der Waals surface area (Å²) in [6.07, 6.45) is -1.31. The smallest absolute Gasteiger partial charge is 0.280 e. The van der Waals surface area contributed by atoms with Gasteiger partial charge in [0.1, 0.15) is 12.3 Å². The number of nitrogens with one attached hydrogen (secondary N) is 2. The monoisotopic (exact) mass is 446 g/mol. The fourth-order valence-corrected chi connectivity index (χ4v) is 4.79. The minimum atomic E-state index is -0.861. The first-order valence-corrected chi connectivity index (χ1v) is 10.7. The van der Waals surface area contributed by atoms with Crippen molar-refractivity contribution in [3.63, 3.8) is 0 Å². The summed E-state index contributed by atoms with van der Waals surface area (Å²) in [5.74, 6) is 0.294. The molecule has 3 atom stereocenters. The summed E-state index contributed by atoms with van der Waals surface area (Å²) < 4.78 is 7.49. The van der Waals surface area contributed by atoms with Gasteiger partial charge in [-0.1, -0.05) is 36.4 Å². The lowest BCUT2D eigenvalue weighted by atomic mass is 10.1. The van der Waals surface area contributed by atoms with Crippen molar-refractivity contribution in [2.75, 3.05) is 17.7 Å². The number of aliphatic hydroxyl groups is 2. The van der Waals surface area contributed by atoms with Gasteiger partial charge in [-0.05, 0) is 28.3 Å². The normalized spacial score (nSPS) is 21.3. The molecule has 4 aromatic rings. The van der Waals surface area contributed by atoms with Crippen LogP contribution in [0.25, 0.3) is 22.3 Å². The van der Waals surface area contributed by atoms with Crippen LogP contribution in [0.3, 0.4) is 0 Å². The topological polar surface area (TPSA) is 151 Å². The molecule has 2 aliphatic rings. The summed E-state index contributed by atoms with van der Waals surface area (Å²) >= 11 is 0. The molecule has 0 amide bonds. The van der Waals surface area contributed by atoms with Crippen molar-refractivity contribution in [2.24, 2.45) is 0 Å². The van der Waals surface area contributed by atoms with Gasteiger partial charge < -0.3 is 26.0 Å². The molecule has 0 unspecified atom stereocenters. The van der Waals surface area contributed by atoms with Gasteiger partial charge in [-0.15, -0.1) is 0 Å². The Kier molecular flexibility index (Phi) is 4.47. The van der Waals surface area contributed by atoms with Crippen molar-refractivity contribution in [3.05, 3.63) is 63.9 Å². The number of ether oxygens (including phenoxy) is 1. The second-order valence-corrected chi connectivity index (χ2v) is 8.33. The van der Waals surface area contributed by atoms with Gasteiger partial charge in [0, 0.05) is 18.5 Å². The van der Waals surface area contributed by atoms with E-state index >= 15 is 0 Å². The number of H-pyrrole nitrogens is 1. The number of anilines is 3. The molecule has 33 heavy (non-hydrogen) atoms. The van der Waals surface area contributed by atoms with Crippen LogP contribution in [0.2, 0.25) is 0 Å². The van der Waals surface area contributed by atoms with E-state index in [1.165, 1.54) is 11.1 Å². The van der Waals surface area contributed by atoms with E-state index in [0.717, 1.165) is 23.2 Å². The average molecular weight is 446 g/mol. The van der Waals surface area contributed by atoms with Gasteiger partial charge in [-0.25, -0.2) is 4.98 Å². The summed E-state index contributed by atoms with van der Waals surface area (Å²) in [6, 6.07) is 14.3. The first-order valence-electron chi connectivity index (χ1n) is 10.7. The Balaban J connectivity index is 1.48. The van der Waals surface area contributed by atoms with Gasteiger partial charge in [0.05, 0.1) is 12.7 Å². The lowest BCUT2D eigenvalue weighted by Gasteiger charge is -2.18. The molecule has 10 heteroatoms. The first kappa shape index (κ1) is 19.9. The van der Waals surface area contributed by atoms with E-state index in [1.807, 2.05) is 24.3 Å². The van der Waals surface area contributed by atoms with Crippen LogP contribution in [0.4, 0.5) is 17.6 Å². The number of hydrogen-bond acceptors (Lipinski definition) is 8. The molecule has 0 bridgehead atoms. The van der Waals surface area contributed by atoms with Gasteiger partial charge in [0.25, 0.3) is 5.56 Å². The second-order valence-electron chi connectivity index (χ2n) is 8.33. The van der Waals surface area contributed by atoms with Crippen LogP contribution in [0, 0.1) is 0 Å². The highest BCUT2D eigenvalue weighted by molar-refractivity contribution is 5.84. The molecule has 1 fully saturated rings. The zero-order valence-corrected chi connectivity index (χ0v) is 17.5. The number of aromatic nitrogens is 4. The zero-order chi connectivity index (χ0) is 22.7. The predicted octanol–water partition coefficient (Wildman–Crippen LogP) is 1.66. The van der Waals surface area contributed by atoms with E-state index in [4.69, 9.17) is 10.5 Å². The Labute approximate surface area is 187 Å². The third-order valence-electron chi connectivity index (χ3n) is 6.34. The maximum absolute atomic E-state index is 12.5. The zero-order valence-electron chi connectivity index (χ0n) is 17.5. The number of aromatic amines is 1. The number of aliphatic hydroxyl groups excluding tert-OH is 2. The molecule has 2 aromatic heterocycles. The molecule has 10 nitrogen and oxygen atoms in total. The molecule has 2 aromatic carbocycles. The van der Waals surface area contributed by atoms with Crippen LogP contribution < -0.4 is 16.6 Å². The van der Waals surface area contributed by atoms with Gasteiger partial charge in [-0.3, -0.25) is 14.3 Å². The molecule has 1 aliphatic carbocycles. The van der Waals surface area contributed by atoms with Crippen molar-refractivity contribution in [2.45, 2.75) is 31.3 Å². The summed E-state index contributed by atoms with van der Waals surface area (Å²) in [7, 11) is 0. The van der Waals surface area contributed by atoms with Crippen LogP contribution >= 0.6 is 0 Å². The van der Waals surface area contributed by atoms with Gasteiger partial charge >= 0.3 is 0 Å². The number of imidazole rings is 1. The predicted molar refractivity (Wildman–Crippen MR) is 122 cm³/mol. The number of hydrogen-bond donors (Lipinski definition) is 5. The van der Waals surface area contributed by atoms with Crippen LogP contribution in [-0.4, -0.2) is 48.5 Å². The van der Waals surface area contributed by atoms with E-state index in [9.17, 15) is 15.0 Å². The number of nitrogen functional groups attached to an aromatic ring is 1. The fraction of sp³-hybridized carbons (Fsp3) is 0.261. The van der Waals surface area contributed by atoms with Gasteiger partial charge in [0.2, 0.25) is 11.9 Å². The minimum Gasteiger partial charge on any atom is -0.394 e. The average Bonchev–Trinajstić information content (AvgIpc) is 3.47. The highest BCUT2D eigenvalue weighted by Crippen LogP contribution is 2.41. The molecule has 168 valence electrons. The number of rotatable bonds is 4. The van der Waals surface area contributed by atoms with Crippen LogP contribution in [0.5, 0.6) is 0 Å². The molecule has 6 rings (SSSR count). The molecule has 1 aliphatic heterocycles. The Morgan fingerprint density at radius 2 is 2.00 bits per heavy atom. The third-order valence-corrected chi connectivity index (χ3v) is 6.34. The molecule has 6 N–H and O–H groups in total. The van der Waals surface area contributed by atoms with Crippen molar-refractivity contribution >= 4 is 28.7 Å². The van der Waals surface area contributed by atoms with Crippen molar-refractivity contribution in [1.29, 1.82) is 0 Å². The molecular weight excluding hydrogens is 424 g/mol. The van der Waals surface area contributed by atoms with Crippen molar-refractivity contribution in [3.8, 4) is 11.1 Å². The first-order chi connectivity index (χ1) is 16.0. The van der Waals surface area contributed by atoms with E-state index in [2.05, 4.69) is 38.5 Å². The molecule has 0 saturated carbocycles. The Morgan fingerprint density at radius 1 is 1.18 bits per heavy atom. The van der Waals surface area contributed by atoms with E-state index in [1.54, 1.807) is 4.57 Å². The summed E-state index contributed by atoms with van der Waals surface area (Å²) in [5.41, 5.74) is 11.2. The maximum Gasteiger partial charge on any atom is 0.280 e. The SMILES string of the molecule is Nc1nc2c(nc(Nc3cccc4c3Cc3ccccc3-4)n2[C@H]2C[C@H](O)[C@@H](CO)O2)c(=O)[nH]1. The van der Waals surface area contributed by atoms with Crippen LogP contribution in [0.1, 0.15) is 23.8 Å². The number of fused-ring (bicyclic) bond motifs is 4. The molecular formula is C23H22N6O4. The Morgan fingerprint density at radius 3 is 2.82 bits per heavy atom. The van der Waals surface area contributed by atoms with E-state index in [-0.39, 0.29) is 30.1 Å². The lowest BCUT2D eigenvalue weighted by molar-refractivity contribution is -0.0425. The fourth-order valence-electron chi connectivity index (χ4n) is 4.79. The molecule has 1 saturated heterocycles. The van der Waals surface area contributed by atoms with Crippen molar-refractivity contribution < 1.29 is 14.9 Å². The quantitative estimate of drug-likeness (QED) is 0.280. The summed E-state index contributed by atoms with van der Waals surface area (Å²) in [4.78, 5) is 23.8. The summed E-state index contributed by atoms with van der Waals surface area (Å²) in [5, 5.41) is 23.2. The standard InChI is InChI=1S/C23H22N6O4/c24-22-27-20-19(21(32)28-22)26-23(29(20)18-9-16(31)17(10-30)33-18)25-15-7-3-6-13-12-5-2-1-4-11(12)8-14(13)15/h1-7,16-18,30-31H,8-10H2,(H,25,26)(H3,24,27,28,32)/t16-,17+,18+/m0/s1. The molecule has 0 radical (unpaired) electrons. The largest absolute Gasteiger partial charge is 0.394 e. The minimum absolute atomic E-state index is 0.0477. The highest BCUT2D eigenvalue weighted by atomic mass is 16.5. The van der Waals surface area contributed by atoms with Crippen LogP contribution in [-0.2, 0) is 11.2 Å². The Bertz CT molecular complexity index is 1440. The van der Waals surface area contributed by atoms with Crippen molar-refractivity contribution in [1.82, 2.24) is 19.5 Å². The number of nitrogens with zero attached hydrogens (tertiary/aromatic N) is 3. The highest BCUT2D eigenvalue weighted by Gasteiger charge is 2.37. The number of benzene rings is 2. The number of nitrogens with two attached hydrogens (primary N) is 1. The van der Waals surface area contributed by atoms with E-state index < -0.39 is 24.0 Å². The summed E-state index contributed by atoms with van der Waals surface area (Å²) in [6.45, 7) is -0.326. The van der Waals surface area contributed by atoms with Crippen LogP contribution in [0.15, 0.2) is 47.3 Å². The Hall–Kier alpha value is -3.73. The van der Waals surface area contributed by atoms with Gasteiger partial charge in [0.15, 0.2) is 11.2 Å². The maximum atomic E-state index is 12.5.